The molecule has 0 fully saturated rings. The van der Waals surface area contributed by atoms with Crippen LogP contribution >= 0.6 is 0 Å². The summed E-state index contributed by atoms with van der Waals surface area (Å²) in [7, 11) is 0. The predicted molar refractivity (Wildman–Crippen MR) is 67.7 cm³/mol. The highest BCUT2D eigenvalue weighted by Gasteiger charge is 2.13. The standard InChI is InChI=1S/C15H13F3O2/c1-9-2-3-12(16)6-11(9)8-20-15-13(17)4-10(7-19)5-14(15)18/h2-6,19H,7-8H2,1H3. The number of rotatable bonds is 4. The Labute approximate surface area is 114 Å². The van der Waals surface area contributed by atoms with Crippen molar-refractivity contribution in [3.05, 3.63) is 64.5 Å². The maximum Gasteiger partial charge on any atom is 0.191 e. The molecule has 1 N–H and O–H groups in total. The number of hydrogen-bond acceptors (Lipinski definition) is 2. The summed E-state index contributed by atoms with van der Waals surface area (Å²) in [5, 5.41) is 8.84. The molecule has 106 valence electrons. The molecule has 0 heterocycles. The molecule has 2 nitrogen and oxygen atoms in total. The number of aliphatic hydroxyl groups is 1. The third kappa shape index (κ3) is 3.11. The monoisotopic (exact) mass is 282 g/mol. The minimum Gasteiger partial charge on any atom is -0.483 e. The zero-order valence-corrected chi connectivity index (χ0v) is 10.8. The fourth-order valence-electron chi connectivity index (χ4n) is 1.79. The van der Waals surface area contributed by atoms with Crippen LogP contribution in [0.4, 0.5) is 13.2 Å². The Kier molecular flexibility index (Phi) is 4.29. The van der Waals surface area contributed by atoms with Crippen molar-refractivity contribution in [3.63, 3.8) is 0 Å². The second-order valence-corrected chi connectivity index (χ2v) is 4.41. The van der Waals surface area contributed by atoms with Gasteiger partial charge in [-0.3, -0.25) is 0 Å². The number of hydrogen-bond donors (Lipinski definition) is 1. The Morgan fingerprint density at radius 3 is 2.30 bits per heavy atom. The first-order valence-corrected chi connectivity index (χ1v) is 5.98. The van der Waals surface area contributed by atoms with E-state index in [1.807, 2.05) is 0 Å². The highest BCUT2D eigenvalue weighted by molar-refractivity contribution is 5.32. The Bertz CT molecular complexity index is 604. The van der Waals surface area contributed by atoms with Gasteiger partial charge in [-0.15, -0.1) is 0 Å². The quantitative estimate of drug-likeness (QED) is 0.930. The van der Waals surface area contributed by atoms with Crippen molar-refractivity contribution in [1.29, 1.82) is 0 Å². The van der Waals surface area contributed by atoms with Crippen LogP contribution in [0.3, 0.4) is 0 Å². The summed E-state index contributed by atoms with van der Waals surface area (Å²) in [4.78, 5) is 0. The van der Waals surface area contributed by atoms with Crippen LogP contribution < -0.4 is 4.74 Å². The first kappa shape index (κ1) is 14.4. The topological polar surface area (TPSA) is 29.5 Å². The molecule has 2 aromatic rings. The predicted octanol–water partition coefficient (Wildman–Crippen LogP) is 3.48. The SMILES string of the molecule is Cc1ccc(F)cc1COc1c(F)cc(CO)cc1F. The van der Waals surface area contributed by atoms with Gasteiger partial charge in [0.15, 0.2) is 17.4 Å². The van der Waals surface area contributed by atoms with Crippen molar-refractivity contribution in [3.8, 4) is 5.75 Å². The lowest BCUT2D eigenvalue weighted by molar-refractivity contribution is 0.265. The molecule has 0 bridgehead atoms. The van der Waals surface area contributed by atoms with E-state index in [1.54, 1.807) is 13.0 Å². The van der Waals surface area contributed by atoms with Gasteiger partial charge >= 0.3 is 0 Å². The summed E-state index contributed by atoms with van der Waals surface area (Å²) in [5.41, 5.74) is 1.39. The van der Waals surface area contributed by atoms with E-state index in [1.165, 1.54) is 12.1 Å². The molecule has 0 spiro atoms. The number of aryl methyl sites for hydroxylation is 1. The van der Waals surface area contributed by atoms with Crippen LogP contribution in [-0.2, 0) is 13.2 Å². The lowest BCUT2D eigenvalue weighted by Gasteiger charge is -2.11. The second kappa shape index (κ2) is 5.96. The van der Waals surface area contributed by atoms with Gasteiger partial charge in [0.1, 0.15) is 12.4 Å². The van der Waals surface area contributed by atoms with Gasteiger partial charge in [0.2, 0.25) is 0 Å². The van der Waals surface area contributed by atoms with E-state index < -0.39 is 29.8 Å². The van der Waals surface area contributed by atoms with Crippen molar-refractivity contribution in [2.45, 2.75) is 20.1 Å². The normalized spacial score (nSPS) is 10.7. The Morgan fingerprint density at radius 1 is 1.05 bits per heavy atom. The largest absolute Gasteiger partial charge is 0.483 e. The first-order valence-electron chi connectivity index (χ1n) is 5.98. The molecule has 2 aromatic carbocycles. The first-order chi connectivity index (χ1) is 9.51. The van der Waals surface area contributed by atoms with E-state index in [0.717, 1.165) is 17.7 Å². The molecule has 0 radical (unpaired) electrons. The summed E-state index contributed by atoms with van der Waals surface area (Å²) < 4.78 is 45.5. The average Bonchev–Trinajstić information content (AvgIpc) is 2.41. The number of ether oxygens (including phenoxy) is 1. The van der Waals surface area contributed by atoms with E-state index in [9.17, 15) is 13.2 Å². The van der Waals surface area contributed by atoms with Crippen LogP contribution in [0.25, 0.3) is 0 Å². The summed E-state index contributed by atoms with van der Waals surface area (Å²) in [6, 6.07) is 6.12. The van der Waals surface area contributed by atoms with Gasteiger partial charge in [-0.05, 0) is 47.9 Å². The molecule has 5 heteroatoms. The van der Waals surface area contributed by atoms with Crippen molar-refractivity contribution < 1.29 is 23.0 Å². The molecular weight excluding hydrogens is 269 g/mol. The number of aliphatic hydroxyl groups excluding tert-OH is 1. The van der Waals surface area contributed by atoms with Crippen LogP contribution in [0.2, 0.25) is 0 Å². The average molecular weight is 282 g/mol. The van der Waals surface area contributed by atoms with Crippen LogP contribution in [0, 0.1) is 24.4 Å². The second-order valence-electron chi connectivity index (χ2n) is 4.41. The van der Waals surface area contributed by atoms with Gasteiger partial charge in [-0.1, -0.05) is 6.07 Å². The van der Waals surface area contributed by atoms with E-state index in [2.05, 4.69) is 0 Å². The Balaban J connectivity index is 2.21. The Hall–Kier alpha value is -2.01. The smallest absolute Gasteiger partial charge is 0.191 e. The highest BCUT2D eigenvalue weighted by atomic mass is 19.1. The van der Waals surface area contributed by atoms with Gasteiger partial charge in [0.25, 0.3) is 0 Å². The molecule has 0 atom stereocenters. The molecule has 0 aromatic heterocycles. The zero-order valence-electron chi connectivity index (χ0n) is 10.8. The molecule has 0 aliphatic rings. The maximum absolute atomic E-state index is 13.6. The maximum atomic E-state index is 13.6. The van der Waals surface area contributed by atoms with E-state index >= 15 is 0 Å². The lowest BCUT2D eigenvalue weighted by Crippen LogP contribution is -2.03. The van der Waals surface area contributed by atoms with Crippen LogP contribution in [0.5, 0.6) is 5.75 Å². The van der Waals surface area contributed by atoms with Crippen molar-refractivity contribution >= 4 is 0 Å². The fraction of sp³-hybridized carbons (Fsp3) is 0.200. The summed E-state index contributed by atoms with van der Waals surface area (Å²) in [6.07, 6.45) is 0. The van der Waals surface area contributed by atoms with Gasteiger partial charge in [0, 0.05) is 0 Å². The minimum atomic E-state index is -0.900. The minimum absolute atomic E-state index is 0.120. The van der Waals surface area contributed by atoms with Crippen LogP contribution in [0.15, 0.2) is 30.3 Å². The van der Waals surface area contributed by atoms with E-state index in [-0.39, 0.29) is 12.2 Å². The molecule has 0 aliphatic carbocycles. The molecule has 20 heavy (non-hydrogen) atoms. The van der Waals surface area contributed by atoms with Gasteiger partial charge in [0.05, 0.1) is 6.61 Å². The third-order valence-corrected chi connectivity index (χ3v) is 2.92. The van der Waals surface area contributed by atoms with Crippen LogP contribution in [0.1, 0.15) is 16.7 Å². The molecule has 2 rings (SSSR count). The summed E-state index contributed by atoms with van der Waals surface area (Å²) in [6.45, 7) is 1.15. The third-order valence-electron chi connectivity index (χ3n) is 2.92. The lowest BCUT2D eigenvalue weighted by atomic mass is 10.1. The zero-order chi connectivity index (χ0) is 14.7. The molecule has 0 saturated carbocycles. The van der Waals surface area contributed by atoms with Crippen molar-refractivity contribution in [1.82, 2.24) is 0 Å². The fourth-order valence-corrected chi connectivity index (χ4v) is 1.79. The van der Waals surface area contributed by atoms with Crippen LogP contribution in [-0.4, -0.2) is 5.11 Å². The van der Waals surface area contributed by atoms with E-state index in [4.69, 9.17) is 9.84 Å². The van der Waals surface area contributed by atoms with Gasteiger partial charge in [-0.2, -0.15) is 0 Å². The van der Waals surface area contributed by atoms with Crippen molar-refractivity contribution in [2.75, 3.05) is 0 Å². The van der Waals surface area contributed by atoms with Gasteiger partial charge < -0.3 is 9.84 Å². The number of benzene rings is 2. The van der Waals surface area contributed by atoms with Crippen molar-refractivity contribution in [2.24, 2.45) is 0 Å². The summed E-state index contributed by atoms with van der Waals surface area (Å²) >= 11 is 0. The highest BCUT2D eigenvalue weighted by Crippen LogP contribution is 2.25. The molecule has 0 amide bonds. The molecule has 0 aliphatic heterocycles. The molecular formula is C15H13F3O2. The van der Waals surface area contributed by atoms with Gasteiger partial charge in [-0.25, -0.2) is 13.2 Å². The number of halogens is 3. The van der Waals surface area contributed by atoms with E-state index in [0.29, 0.717) is 5.56 Å². The molecule has 0 unspecified atom stereocenters. The Morgan fingerprint density at radius 2 is 1.70 bits per heavy atom. The summed E-state index contributed by atoms with van der Waals surface area (Å²) in [5.74, 6) is -2.78. The molecule has 0 saturated heterocycles.